The van der Waals surface area contributed by atoms with Crippen molar-refractivity contribution in [3.05, 3.63) is 12.2 Å². The first kappa shape index (κ1) is 24.5. The lowest BCUT2D eigenvalue weighted by molar-refractivity contribution is -0.315. The van der Waals surface area contributed by atoms with Crippen LogP contribution in [0.25, 0.3) is 0 Å². The molecule has 3 aliphatic rings. The van der Waals surface area contributed by atoms with Crippen molar-refractivity contribution >= 4 is 11.8 Å². The van der Waals surface area contributed by atoms with Crippen LogP contribution in [0.3, 0.4) is 0 Å². The standard InChI is InChI=1S/C28H46O3/c1-18(2)10-9-11-19(3)21-13-14-22-25(20(4)26(30)31)23(15-17-27(21,22)5)28(6)16-8-7-12-24(28)29/h7,12,18-23,25H,8-11,13-17H2,1-6H3,(H,30,31)/p-1. The molecule has 0 radical (unpaired) electrons. The molecule has 176 valence electrons. The van der Waals surface area contributed by atoms with Crippen molar-refractivity contribution in [2.75, 3.05) is 0 Å². The van der Waals surface area contributed by atoms with Crippen molar-refractivity contribution in [2.45, 2.75) is 99.3 Å². The van der Waals surface area contributed by atoms with Crippen LogP contribution in [0.1, 0.15) is 99.3 Å². The number of allylic oxidation sites excluding steroid dienone is 2. The summed E-state index contributed by atoms with van der Waals surface area (Å²) in [6.07, 6.45) is 13.8. The van der Waals surface area contributed by atoms with Crippen molar-refractivity contribution in [3.8, 4) is 0 Å². The molecule has 3 aliphatic carbocycles. The Hall–Kier alpha value is -1.12. The number of hydrogen-bond acceptors (Lipinski definition) is 3. The highest BCUT2D eigenvalue weighted by atomic mass is 16.4. The van der Waals surface area contributed by atoms with Crippen molar-refractivity contribution in [1.29, 1.82) is 0 Å². The normalized spacial score (nSPS) is 40.0. The largest absolute Gasteiger partial charge is 0.550 e. The Labute approximate surface area is 190 Å². The zero-order chi connectivity index (χ0) is 23.0. The van der Waals surface area contributed by atoms with Crippen LogP contribution in [-0.4, -0.2) is 11.8 Å². The van der Waals surface area contributed by atoms with Crippen LogP contribution in [0.15, 0.2) is 12.2 Å². The van der Waals surface area contributed by atoms with E-state index in [1.807, 2.05) is 13.0 Å². The summed E-state index contributed by atoms with van der Waals surface area (Å²) >= 11 is 0. The SMILES string of the molecule is CC(C)CCCC(C)C1CCC2C(C(C)C(=O)[O-])C(C3(C)CCC=CC3=O)CCC12C. The molecule has 3 rings (SSSR count). The van der Waals surface area contributed by atoms with Crippen LogP contribution in [0, 0.1) is 52.3 Å². The van der Waals surface area contributed by atoms with Gasteiger partial charge in [-0.2, -0.15) is 0 Å². The van der Waals surface area contributed by atoms with Gasteiger partial charge in [0, 0.05) is 11.4 Å². The number of carboxylic acids is 1. The van der Waals surface area contributed by atoms with E-state index < -0.39 is 17.3 Å². The maximum atomic E-state index is 13.0. The second kappa shape index (κ2) is 9.40. The molecule has 0 aromatic rings. The van der Waals surface area contributed by atoms with E-state index >= 15 is 0 Å². The number of aliphatic carboxylic acids is 1. The summed E-state index contributed by atoms with van der Waals surface area (Å²) in [5, 5.41) is 12.1. The van der Waals surface area contributed by atoms with Crippen LogP contribution >= 0.6 is 0 Å². The van der Waals surface area contributed by atoms with E-state index in [1.165, 1.54) is 25.7 Å². The van der Waals surface area contributed by atoms with E-state index in [-0.39, 0.29) is 23.0 Å². The minimum absolute atomic E-state index is 0.0389. The molecule has 31 heavy (non-hydrogen) atoms. The number of rotatable bonds is 8. The third-order valence-corrected chi connectivity index (χ3v) is 9.96. The summed E-state index contributed by atoms with van der Waals surface area (Å²) < 4.78 is 0. The predicted molar refractivity (Wildman–Crippen MR) is 124 cm³/mol. The number of carbonyl (C=O) groups excluding carboxylic acids is 2. The molecule has 0 N–H and O–H groups in total. The molecule has 3 nitrogen and oxygen atoms in total. The number of ketones is 1. The first-order valence-electron chi connectivity index (χ1n) is 12.9. The average Bonchev–Trinajstić information content (AvgIpc) is 3.05. The van der Waals surface area contributed by atoms with Crippen molar-refractivity contribution in [2.24, 2.45) is 52.3 Å². The van der Waals surface area contributed by atoms with E-state index in [9.17, 15) is 14.7 Å². The van der Waals surface area contributed by atoms with Crippen molar-refractivity contribution in [1.82, 2.24) is 0 Å². The molecule has 0 saturated heterocycles. The fraction of sp³-hybridized carbons (Fsp3) is 0.857. The highest BCUT2D eigenvalue weighted by molar-refractivity contribution is 5.95. The Morgan fingerprint density at radius 3 is 2.39 bits per heavy atom. The number of hydrogen-bond donors (Lipinski definition) is 0. The third-order valence-electron chi connectivity index (χ3n) is 9.96. The fourth-order valence-corrected chi connectivity index (χ4v) is 8.07. The third kappa shape index (κ3) is 4.53. The zero-order valence-corrected chi connectivity index (χ0v) is 20.8. The Balaban J connectivity index is 1.87. The van der Waals surface area contributed by atoms with Gasteiger partial charge in [0.2, 0.25) is 0 Å². The molecule has 2 saturated carbocycles. The number of fused-ring (bicyclic) bond motifs is 1. The van der Waals surface area contributed by atoms with Crippen LogP contribution in [0.2, 0.25) is 0 Å². The lowest BCUT2D eigenvalue weighted by Crippen LogP contribution is -2.54. The lowest BCUT2D eigenvalue weighted by Gasteiger charge is -2.56. The van der Waals surface area contributed by atoms with E-state index in [0.29, 0.717) is 17.8 Å². The topological polar surface area (TPSA) is 57.2 Å². The summed E-state index contributed by atoms with van der Waals surface area (Å²) in [6.45, 7) is 13.4. The van der Waals surface area contributed by atoms with Gasteiger partial charge in [-0.15, -0.1) is 0 Å². The maximum Gasteiger partial charge on any atom is 0.161 e. The molecule has 0 aliphatic heterocycles. The minimum Gasteiger partial charge on any atom is -0.550 e. The van der Waals surface area contributed by atoms with Gasteiger partial charge in [-0.3, -0.25) is 4.79 Å². The first-order valence-corrected chi connectivity index (χ1v) is 12.9. The fourth-order valence-electron chi connectivity index (χ4n) is 8.07. The van der Waals surface area contributed by atoms with Crippen LogP contribution in [-0.2, 0) is 9.59 Å². The summed E-state index contributed by atoms with van der Waals surface area (Å²) in [5.41, 5.74) is -0.239. The van der Waals surface area contributed by atoms with Crippen LogP contribution in [0.5, 0.6) is 0 Å². The molecule has 3 heteroatoms. The maximum absolute atomic E-state index is 13.0. The van der Waals surface area contributed by atoms with Gasteiger partial charge in [-0.05, 0) is 91.4 Å². The van der Waals surface area contributed by atoms with Gasteiger partial charge in [-0.25, -0.2) is 0 Å². The van der Waals surface area contributed by atoms with Crippen LogP contribution in [0.4, 0.5) is 0 Å². The van der Waals surface area contributed by atoms with Gasteiger partial charge >= 0.3 is 0 Å². The van der Waals surface area contributed by atoms with Crippen LogP contribution < -0.4 is 5.11 Å². The number of carboxylic acid groups (broad SMARTS) is 1. The summed E-state index contributed by atoms with van der Waals surface area (Å²) in [6, 6.07) is 0. The van der Waals surface area contributed by atoms with E-state index in [2.05, 4.69) is 34.6 Å². The summed E-state index contributed by atoms with van der Waals surface area (Å²) in [7, 11) is 0. The molecule has 0 heterocycles. The molecular formula is C28H45O3-. The molecule has 0 aromatic carbocycles. The zero-order valence-electron chi connectivity index (χ0n) is 20.8. The molecular weight excluding hydrogens is 384 g/mol. The highest BCUT2D eigenvalue weighted by Gasteiger charge is 2.59. The minimum atomic E-state index is -0.935. The monoisotopic (exact) mass is 429 g/mol. The van der Waals surface area contributed by atoms with Gasteiger partial charge in [-0.1, -0.05) is 66.9 Å². The van der Waals surface area contributed by atoms with Gasteiger partial charge in [0.05, 0.1) is 0 Å². The Morgan fingerprint density at radius 2 is 1.77 bits per heavy atom. The number of carbonyl (C=O) groups is 2. The average molecular weight is 430 g/mol. The predicted octanol–water partition coefficient (Wildman–Crippen LogP) is 5.82. The second-order valence-electron chi connectivity index (χ2n) is 12.2. The molecule has 0 bridgehead atoms. The molecule has 0 aromatic heterocycles. The quantitative estimate of drug-likeness (QED) is 0.488. The molecule has 8 unspecified atom stereocenters. The summed E-state index contributed by atoms with van der Waals surface area (Å²) in [5.74, 6) is 1.44. The summed E-state index contributed by atoms with van der Waals surface area (Å²) in [4.78, 5) is 25.1. The first-order chi connectivity index (χ1) is 14.5. The van der Waals surface area contributed by atoms with E-state index in [1.54, 1.807) is 6.08 Å². The lowest BCUT2D eigenvalue weighted by atomic mass is 9.48. The van der Waals surface area contributed by atoms with E-state index in [0.717, 1.165) is 38.0 Å². The van der Waals surface area contributed by atoms with Gasteiger partial charge in [0.25, 0.3) is 0 Å². The van der Waals surface area contributed by atoms with E-state index in [4.69, 9.17) is 0 Å². The van der Waals surface area contributed by atoms with Gasteiger partial charge in [0.1, 0.15) is 0 Å². The smallest absolute Gasteiger partial charge is 0.161 e. The Kier molecular flexibility index (Phi) is 7.43. The molecule has 0 amide bonds. The van der Waals surface area contributed by atoms with Crippen molar-refractivity contribution in [3.63, 3.8) is 0 Å². The Bertz CT molecular complexity index is 694. The van der Waals surface area contributed by atoms with Gasteiger partial charge in [0.15, 0.2) is 5.78 Å². The second-order valence-corrected chi connectivity index (χ2v) is 12.2. The molecule has 8 atom stereocenters. The highest BCUT2D eigenvalue weighted by Crippen LogP contribution is 2.65. The van der Waals surface area contributed by atoms with Gasteiger partial charge < -0.3 is 9.90 Å². The Morgan fingerprint density at radius 1 is 1.06 bits per heavy atom. The van der Waals surface area contributed by atoms with Crippen molar-refractivity contribution < 1.29 is 14.7 Å². The molecule has 0 spiro atoms. The molecule has 2 fully saturated rings.